The van der Waals surface area contributed by atoms with Gasteiger partial charge in [0.05, 0.1) is 6.04 Å². The van der Waals surface area contributed by atoms with Gasteiger partial charge in [-0.05, 0) is 44.8 Å². The summed E-state index contributed by atoms with van der Waals surface area (Å²) in [5, 5.41) is 9.46. The molecule has 1 fully saturated rings. The van der Waals surface area contributed by atoms with E-state index in [1.807, 2.05) is 14.0 Å². The van der Waals surface area contributed by atoms with Crippen molar-refractivity contribution < 1.29 is 4.21 Å². The fourth-order valence-corrected chi connectivity index (χ4v) is 5.62. The van der Waals surface area contributed by atoms with Crippen molar-refractivity contribution in [2.75, 3.05) is 33.4 Å². The molecule has 1 saturated carbocycles. The number of guanidine groups is 1. The Morgan fingerprint density at radius 2 is 2.28 bits per heavy atom. The molecule has 25 heavy (non-hydrogen) atoms. The Morgan fingerprint density at radius 1 is 1.48 bits per heavy atom. The summed E-state index contributed by atoms with van der Waals surface area (Å²) in [4.78, 5) is 7.97. The van der Waals surface area contributed by atoms with Crippen LogP contribution in [0.1, 0.15) is 43.5 Å². The van der Waals surface area contributed by atoms with E-state index < -0.39 is 10.8 Å². The van der Waals surface area contributed by atoms with Gasteiger partial charge in [0.1, 0.15) is 0 Å². The van der Waals surface area contributed by atoms with E-state index in [1.54, 1.807) is 11.3 Å². The third-order valence-corrected chi connectivity index (χ3v) is 7.52. The molecule has 1 aliphatic carbocycles. The highest BCUT2D eigenvalue weighted by Crippen LogP contribution is 2.24. The predicted molar refractivity (Wildman–Crippen MR) is 110 cm³/mol. The van der Waals surface area contributed by atoms with Crippen molar-refractivity contribution in [3.05, 3.63) is 22.4 Å². The molecule has 0 aliphatic heterocycles. The zero-order valence-electron chi connectivity index (χ0n) is 15.8. The standard InChI is InChI=1S/C18H32N4OS2/c1-5-25(23)15-9-6-8-14(12-15)21-18(19-2)20-13-16(22(3)4)17-10-7-11-24-17/h7,10-11,14-16H,5-6,8-9,12-13H2,1-4H3,(H2,19,20,21). The van der Waals surface area contributed by atoms with E-state index in [0.29, 0.717) is 17.3 Å². The minimum atomic E-state index is -0.694. The second-order valence-corrected chi connectivity index (χ2v) is 9.73. The van der Waals surface area contributed by atoms with Crippen LogP contribution in [-0.4, -0.2) is 59.8 Å². The van der Waals surface area contributed by atoms with Crippen LogP contribution in [0.25, 0.3) is 0 Å². The highest BCUT2D eigenvalue weighted by molar-refractivity contribution is 7.85. The van der Waals surface area contributed by atoms with Crippen molar-refractivity contribution in [3.63, 3.8) is 0 Å². The van der Waals surface area contributed by atoms with Crippen LogP contribution in [0, 0.1) is 0 Å². The van der Waals surface area contributed by atoms with E-state index in [1.165, 1.54) is 4.88 Å². The minimum absolute atomic E-state index is 0.324. The number of nitrogens with one attached hydrogen (secondary N) is 2. The van der Waals surface area contributed by atoms with E-state index in [-0.39, 0.29) is 0 Å². The first-order chi connectivity index (χ1) is 12.0. The molecular formula is C18H32N4OS2. The van der Waals surface area contributed by atoms with Crippen LogP contribution in [0.2, 0.25) is 0 Å². The van der Waals surface area contributed by atoms with E-state index in [0.717, 1.165) is 43.9 Å². The Morgan fingerprint density at radius 3 is 2.88 bits per heavy atom. The van der Waals surface area contributed by atoms with Gasteiger partial charge in [-0.2, -0.15) is 0 Å². The summed E-state index contributed by atoms with van der Waals surface area (Å²) in [5.74, 6) is 1.60. The molecule has 5 nitrogen and oxygen atoms in total. The van der Waals surface area contributed by atoms with Crippen molar-refractivity contribution >= 4 is 28.1 Å². The lowest BCUT2D eigenvalue weighted by atomic mass is 9.95. The number of nitrogens with zero attached hydrogens (tertiary/aromatic N) is 2. The summed E-state index contributed by atoms with van der Waals surface area (Å²) in [6.07, 6.45) is 4.33. The molecule has 2 N–H and O–H groups in total. The number of rotatable bonds is 7. The molecule has 1 heterocycles. The van der Waals surface area contributed by atoms with Gasteiger partial charge in [-0.15, -0.1) is 11.3 Å². The Labute approximate surface area is 158 Å². The van der Waals surface area contributed by atoms with Crippen LogP contribution in [0.3, 0.4) is 0 Å². The number of hydrogen-bond acceptors (Lipinski definition) is 4. The van der Waals surface area contributed by atoms with Crippen LogP contribution in [0.15, 0.2) is 22.5 Å². The lowest BCUT2D eigenvalue weighted by molar-refractivity contribution is 0.301. The average molecular weight is 385 g/mol. The molecule has 0 aromatic carbocycles. The SMILES string of the molecule is CCS(=O)C1CCCC(NC(=NC)NCC(c2cccs2)N(C)C)C1. The van der Waals surface area contributed by atoms with Crippen molar-refractivity contribution in [2.24, 2.45) is 4.99 Å². The molecule has 0 amide bonds. The van der Waals surface area contributed by atoms with Crippen molar-refractivity contribution in [1.82, 2.24) is 15.5 Å². The zero-order chi connectivity index (χ0) is 18.2. The fraction of sp³-hybridized carbons (Fsp3) is 0.722. The third kappa shape index (κ3) is 6.08. The molecule has 1 aromatic rings. The van der Waals surface area contributed by atoms with Gasteiger partial charge in [-0.3, -0.25) is 9.20 Å². The lowest BCUT2D eigenvalue weighted by Gasteiger charge is -2.31. The maximum atomic E-state index is 12.1. The first kappa shape index (κ1) is 20.4. The molecule has 0 bridgehead atoms. The maximum absolute atomic E-state index is 12.1. The molecule has 2 rings (SSSR count). The molecule has 1 aliphatic rings. The molecule has 0 spiro atoms. The number of hydrogen-bond donors (Lipinski definition) is 2. The Balaban J connectivity index is 1.88. The van der Waals surface area contributed by atoms with Gasteiger partial charge in [0, 0.05) is 46.3 Å². The predicted octanol–water partition coefficient (Wildman–Crippen LogP) is 2.60. The second kappa shape index (κ2) is 10.3. The molecular weight excluding hydrogens is 352 g/mol. The van der Waals surface area contributed by atoms with Gasteiger partial charge in [0.15, 0.2) is 5.96 Å². The van der Waals surface area contributed by atoms with E-state index >= 15 is 0 Å². The number of thiophene rings is 1. The number of likely N-dealkylation sites (N-methyl/N-ethyl adjacent to an activating group) is 1. The quantitative estimate of drug-likeness (QED) is 0.560. The van der Waals surface area contributed by atoms with Crippen LogP contribution >= 0.6 is 11.3 Å². The van der Waals surface area contributed by atoms with Gasteiger partial charge in [0.2, 0.25) is 0 Å². The Kier molecular flexibility index (Phi) is 8.39. The molecule has 1 aromatic heterocycles. The molecule has 0 radical (unpaired) electrons. The van der Waals surface area contributed by atoms with Crippen LogP contribution in [0.5, 0.6) is 0 Å². The highest BCUT2D eigenvalue weighted by atomic mass is 32.2. The van der Waals surface area contributed by atoms with Gasteiger partial charge in [-0.1, -0.05) is 19.4 Å². The summed E-state index contributed by atoms with van der Waals surface area (Å²) in [5.41, 5.74) is 0. The first-order valence-electron chi connectivity index (χ1n) is 9.09. The smallest absolute Gasteiger partial charge is 0.191 e. The van der Waals surface area contributed by atoms with Gasteiger partial charge >= 0.3 is 0 Å². The minimum Gasteiger partial charge on any atom is -0.354 e. The molecule has 4 unspecified atom stereocenters. The van der Waals surface area contributed by atoms with E-state index in [4.69, 9.17) is 0 Å². The zero-order valence-corrected chi connectivity index (χ0v) is 17.5. The third-order valence-electron chi connectivity index (χ3n) is 4.80. The normalized spacial score (nSPS) is 24.1. The Bertz CT molecular complexity index is 559. The summed E-state index contributed by atoms with van der Waals surface area (Å²) < 4.78 is 12.1. The lowest BCUT2D eigenvalue weighted by Crippen LogP contribution is -2.48. The number of aliphatic imine (C=N–C) groups is 1. The van der Waals surface area contributed by atoms with E-state index in [2.05, 4.69) is 52.1 Å². The molecule has 0 saturated heterocycles. The summed E-state index contributed by atoms with van der Waals surface area (Å²) in [6, 6.07) is 4.96. The van der Waals surface area contributed by atoms with Gasteiger partial charge in [0.25, 0.3) is 0 Å². The van der Waals surface area contributed by atoms with Crippen LogP contribution in [-0.2, 0) is 10.8 Å². The fourth-order valence-electron chi connectivity index (χ4n) is 3.35. The molecule has 7 heteroatoms. The topological polar surface area (TPSA) is 56.7 Å². The molecule has 4 atom stereocenters. The van der Waals surface area contributed by atoms with Crippen molar-refractivity contribution in [1.29, 1.82) is 0 Å². The van der Waals surface area contributed by atoms with Crippen molar-refractivity contribution in [2.45, 2.75) is 49.9 Å². The van der Waals surface area contributed by atoms with Crippen LogP contribution in [0.4, 0.5) is 0 Å². The Hall–Kier alpha value is -0.920. The van der Waals surface area contributed by atoms with Crippen molar-refractivity contribution in [3.8, 4) is 0 Å². The maximum Gasteiger partial charge on any atom is 0.191 e. The largest absolute Gasteiger partial charge is 0.354 e. The van der Waals surface area contributed by atoms with E-state index in [9.17, 15) is 4.21 Å². The average Bonchev–Trinajstić information content (AvgIpc) is 3.14. The van der Waals surface area contributed by atoms with Gasteiger partial charge < -0.3 is 15.5 Å². The highest BCUT2D eigenvalue weighted by Gasteiger charge is 2.26. The van der Waals surface area contributed by atoms with Crippen LogP contribution < -0.4 is 10.6 Å². The second-order valence-electron chi connectivity index (χ2n) is 6.75. The monoisotopic (exact) mass is 384 g/mol. The molecule has 142 valence electrons. The van der Waals surface area contributed by atoms with Gasteiger partial charge in [-0.25, -0.2) is 0 Å². The first-order valence-corrected chi connectivity index (χ1v) is 11.4. The summed E-state index contributed by atoms with van der Waals surface area (Å²) in [6.45, 7) is 2.82. The summed E-state index contributed by atoms with van der Waals surface area (Å²) in [7, 11) is 5.33. The summed E-state index contributed by atoms with van der Waals surface area (Å²) >= 11 is 1.78.